The molecule has 2 heterocycles. The molecule has 3 aromatic rings. The number of hydrogen-bond acceptors (Lipinski definition) is 4. The van der Waals surface area contributed by atoms with E-state index in [2.05, 4.69) is 17.4 Å². The van der Waals surface area contributed by atoms with Gasteiger partial charge in [0.1, 0.15) is 6.04 Å². The van der Waals surface area contributed by atoms with E-state index in [1.807, 2.05) is 59.0 Å². The van der Waals surface area contributed by atoms with Crippen LogP contribution in [-0.4, -0.2) is 29.3 Å². The molecule has 1 unspecified atom stereocenters. The Morgan fingerprint density at radius 2 is 1.79 bits per heavy atom. The third-order valence-corrected chi connectivity index (χ3v) is 8.32. The minimum absolute atomic E-state index is 0.00461. The van der Waals surface area contributed by atoms with Crippen LogP contribution in [-0.2, 0) is 22.4 Å². The van der Waals surface area contributed by atoms with Gasteiger partial charge in [-0.3, -0.25) is 9.59 Å². The highest BCUT2D eigenvalue weighted by Gasteiger charge is 2.34. The van der Waals surface area contributed by atoms with Gasteiger partial charge in [0.15, 0.2) is 0 Å². The van der Waals surface area contributed by atoms with Gasteiger partial charge in [-0.15, -0.1) is 22.7 Å². The van der Waals surface area contributed by atoms with Crippen molar-refractivity contribution in [3.8, 4) is 0 Å². The number of carbonyl (C=O) groups excluding carboxylic acids is 2. The van der Waals surface area contributed by atoms with E-state index in [4.69, 9.17) is 0 Å². The Bertz CT molecular complexity index is 1020. The van der Waals surface area contributed by atoms with Crippen molar-refractivity contribution in [1.82, 2.24) is 10.2 Å². The molecule has 1 aliphatic rings. The Kier molecular flexibility index (Phi) is 8.35. The molecule has 174 valence electrons. The van der Waals surface area contributed by atoms with Gasteiger partial charge in [0.05, 0.1) is 6.42 Å². The molecule has 4 nitrogen and oxygen atoms in total. The first-order valence-corrected chi connectivity index (χ1v) is 13.6. The van der Waals surface area contributed by atoms with Gasteiger partial charge >= 0.3 is 0 Å². The van der Waals surface area contributed by atoms with Gasteiger partial charge < -0.3 is 10.2 Å². The van der Waals surface area contributed by atoms with Crippen molar-refractivity contribution in [3.63, 3.8) is 0 Å². The summed E-state index contributed by atoms with van der Waals surface area (Å²) in [6.07, 6.45) is 6.64. The summed E-state index contributed by atoms with van der Waals surface area (Å²) in [5, 5.41) is 7.32. The van der Waals surface area contributed by atoms with Gasteiger partial charge in [-0.05, 0) is 60.2 Å². The van der Waals surface area contributed by atoms with Crippen LogP contribution in [0.25, 0.3) is 0 Å². The van der Waals surface area contributed by atoms with E-state index in [9.17, 15) is 9.59 Å². The van der Waals surface area contributed by atoms with Crippen LogP contribution in [0.15, 0.2) is 59.3 Å². The van der Waals surface area contributed by atoms with Gasteiger partial charge in [0.2, 0.25) is 11.8 Å². The second-order valence-corrected chi connectivity index (χ2v) is 10.8. The number of nitrogens with zero attached hydrogens (tertiary/aromatic N) is 1. The summed E-state index contributed by atoms with van der Waals surface area (Å²) in [5.74, 6) is -0.0370. The lowest BCUT2D eigenvalue weighted by Crippen LogP contribution is -2.48. The number of hydrogen-bond donors (Lipinski definition) is 1. The first kappa shape index (κ1) is 23.7. The number of thiophene rings is 2. The topological polar surface area (TPSA) is 49.4 Å². The molecular weight excluding hydrogens is 448 g/mol. The highest BCUT2D eigenvalue weighted by atomic mass is 32.1. The molecule has 0 spiro atoms. The quantitative estimate of drug-likeness (QED) is 0.413. The number of aryl methyl sites for hydroxylation is 1. The molecule has 0 aliphatic heterocycles. The average molecular weight is 481 g/mol. The van der Waals surface area contributed by atoms with Gasteiger partial charge in [-0.2, -0.15) is 0 Å². The molecule has 1 saturated carbocycles. The van der Waals surface area contributed by atoms with Crippen LogP contribution >= 0.6 is 22.7 Å². The molecule has 33 heavy (non-hydrogen) atoms. The van der Waals surface area contributed by atoms with Crippen molar-refractivity contribution in [2.45, 2.75) is 64.0 Å². The Morgan fingerprint density at radius 3 is 2.45 bits per heavy atom. The number of nitrogens with one attached hydrogen (secondary N) is 1. The van der Waals surface area contributed by atoms with E-state index in [0.717, 1.165) is 41.0 Å². The summed E-state index contributed by atoms with van der Waals surface area (Å²) in [6.45, 7) is 2.54. The summed E-state index contributed by atoms with van der Waals surface area (Å²) in [4.78, 5) is 31.2. The fourth-order valence-corrected chi connectivity index (χ4v) is 6.28. The molecule has 1 aromatic carbocycles. The van der Waals surface area contributed by atoms with Crippen LogP contribution < -0.4 is 5.32 Å². The van der Waals surface area contributed by atoms with Crippen molar-refractivity contribution in [3.05, 3.63) is 80.2 Å². The average Bonchev–Trinajstić information content (AvgIpc) is 3.49. The predicted octanol–water partition coefficient (Wildman–Crippen LogP) is 5.92. The van der Waals surface area contributed by atoms with Gasteiger partial charge in [0, 0.05) is 22.3 Å². The van der Waals surface area contributed by atoms with Crippen LogP contribution in [0.2, 0.25) is 0 Å². The molecule has 4 rings (SSSR count). The second-order valence-electron chi connectivity index (χ2n) is 8.79. The zero-order valence-electron chi connectivity index (χ0n) is 19.2. The van der Waals surface area contributed by atoms with Gasteiger partial charge in [-0.1, -0.05) is 55.7 Å². The summed E-state index contributed by atoms with van der Waals surface area (Å²) >= 11 is 3.16. The largest absolute Gasteiger partial charge is 0.351 e. The van der Waals surface area contributed by atoms with Crippen LogP contribution in [0.1, 0.15) is 59.0 Å². The molecule has 0 bridgehead atoms. The lowest BCUT2D eigenvalue weighted by molar-refractivity contribution is -0.140. The van der Waals surface area contributed by atoms with Crippen LogP contribution in [0.3, 0.4) is 0 Å². The Hall–Kier alpha value is -2.44. The van der Waals surface area contributed by atoms with Crippen LogP contribution in [0, 0.1) is 6.92 Å². The predicted molar refractivity (Wildman–Crippen MR) is 137 cm³/mol. The maximum Gasteiger partial charge on any atom is 0.248 e. The highest BCUT2D eigenvalue weighted by molar-refractivity contribution is 7.10. The number of rotatable bonds is 9. The van der Waals surface area contributed by atoms with Crippen LogP contribution in [0.5, 0.6) is 0 Å². The summed E-state index contributed by atoms with van der Waals surface area (Å²) in [7, 11) is 0. The lowest BCUT2D eigenvalue weighted by Gasteiger charge is -2.33. The SMILES string of the molecule is Cc1ccsc1C(C(=O)NC1CCCCC1)N(CCc1ccccc1)C(=O)Cc1cccs1. The molecule has 2 aromatic heterocycles. The van der Waals surface area contributed by atoms with Crippen molar-refractivity contribution >= 4 is 34.5 Å². The maximum atomic E-state index is 13.7. The molecular formula is C27H32N2O2S2. The third kappa shape index (κ3) is 6.33. The first-order valence-electron chi connectivity index (χ1n) is 11.8. The monoisotopic (exact) mass is 480 g/mol. The third-order valence-electron chi connectivity index (χ3n) is 6.37. The van der Waals surface area contributed by atoms with E-state index in [-0.39, 0.29) is 17.9 Å². The Balaban J connectivity index is 1.62. The van der Waals surface area contributed by atoms with E-state index in [1.165, 1.54) is 12.0 Å². The normalized spacial score (nSPS) is 15.2. The molecule has 1 aliphatic carbocycles. The number of benzene rings is 1. The zero-order chi connectivity index (χ0) is 23.0. The number of amides is 2. The molecule has 1 N–H and O–H groups in total. The van der Waals surface area contributed by atoms with E-state index < -0.39 is 6.04 Å². The van der Waals surface area contributed by atoms with Crippen molar-refractivity contribution in [1.29, 1.82) is 0 Å². The molecule has 0 saturated heterocycles. The van der Waals surface area contributed by atoms with E-state index in [1.54, 1.807) is 22.7 Å². The molecule has 1 atom stereocenters. The Morgan fingerprint density at radius 1 is 1.00 bits per heavy atom. The van der Waals surface area contributed by atoms with Crippen molar-refractivity contribution in [2.24, 2.45) is 0 Å². The van der Waals surface area contributed by atoms with Gasteiger partial charge in [-0.25, -0.2) is 0 Å². The molecule has 6 heteroatoms. The Labute approximate surface area is 204 Å². The summed E-state index contributed by atoms with van der Waals surface area (Å²) in [5.41, 5.74) is 2.23. The summed E-state index contributed by atoms with van der Waals surface area (Å²) in [6, 6.07) is 15.8. The summed E-state index contributed by atoms with van der Waals surface area (Å²) < 4.78 is 0. The lowest BCUT2D eigenvalue weighted by atomic mass is 9.95. The van der Waals surface area contributed by atoms with Crippen molar-refractivity contribution < 1.29 is 9.59 Å². The van der Waals surface area contributed by atoms with Crippen LogP contribution in [0.4, 0.5) is 0 Å². The van der Waals surface area contributed by atoms with Gasteiger partial charge in [0.25, 0.3) is 0 Å². The first-order chi connectivity index (χ1) is 16.1. The number of carbonyl (C=O) groups is 2. The fourth-order valence-electron chi connectivity index (χ4n) is 4.55. The molecule has 2 amide bonds. The molecule has 1 fully saturated rings. The molecule has 0 radical (unpaired) electrons. The van der Waals surface area contributed by atoms with E-state index >= 15 is 0 Å². The second kappa shape index (κ2) is 11.6. The minimum atomic E-state index is -0.594. The maximum absolute atomic E-state index is 13.7. The zero-order valence-corrected chi connectivity index (χ0v) is 20.8. The minimum Gasteiger partial charge on any atom is -0.351 e. The van der Waals surface area contributed by atoms with Crippen molar-refractivity contribution in [2.75, 3.05) is 6.54 Å². The fraction of sp³-hybridized carbons (Fsp3) is 0.407. The highest BCUT2D eigenvalue weighted by Crippen LogP contribution is 2.31. The van der Waals surface area contributed by atoms with E-state index in [0.29, 0.717) is 19.4 Å². The standard InChI is InChI=1S/C27H32N2O2S2/c1-20-15-18-33-26(20)25(27(31)28-22-11-6-3-7-12-22)29(16-14-21-9-4-2-5-10-21)24(30)19-23-13-8-17-32-23/h2,4-5,8-10,13,15,17-18,22,25H,3,6-7,11-12,14,16,19H2,1H3,(H,28,31). The smallest absolute Gasteiger partial charge is 0.248 e.